The fourth-order valence-electron chi connectivity index (χ4n) is 1.71. The van der Waals surface area contributed by atoms with Crippen molar-refractivity contribution < 1.29 is 5.11 Å². The molecule has 1 rings (SSSR count). The van der Waals surface area contributed by atoms with Crippen molar-refractivity contribution in [2.75, 3.05) is 13.2 Å². The van der Waals surface area contributed by atoms with Gasteiger partial charge in [0.15, 0.2) is 0 Å². The predicted molar refractivity (Wildman–Crippen MR) is 57.7 cm³/mol. The van der Waals surface area contributed by atoms with E-state index in [4.69, 9.17) is 23.1 Å². The van der Waals surface area contributed by atoms with Crippen LogP contribution in [0.5, 0.6) is 0 Å². The zero-order valence-electron chi connectivity index (χ0n) is 8.07. The summed E-state index contributed by atoms with van der Waals surface area (Å²) in [4.78, 5) is 2.80. The molecule has 3 nitrogen and oxygen atoms in total. The van der Waals surface area contributed by atoms with E-state index in [-0.39, 0.29) is 12.6 Å². The Hall–Kier alpha value is -0.190. The first-order valence-electron chi connectivity index (χ1n) is 4.86. The van der Waals surface area contributed by atoms with Gasteiger partial charge in [-0.3, -0.25) is 4.90 Å². The Morgan fingerprint density at radius 2 is 2.31 bits per heavy atom. The van der Waals surface area contributed by atoms with Gasteiger partial charge in [0, 0.05) is 12.6 Å². The van der Waals surface area contributed by atoms with Crippen molar-refractivity contribution >= 4 is 17.2 Å². The maximum atomic E-state index is 8.91. The van der Waals surface area contributed by atoms with Gasteiger partial charge in [0.25, 0.3) is 0 Å². The van der Waals surface area contributed by atoms with Crippen molar-refractivity contribution in [1.82, 2.24) is 4.90 Å². The number of thiocarbonyl (C=S) groups is 1. The van der Waals surface area contributed by atoms with Crippen molar-refractivity contribution in [2.24, 2.45) is 5.73 Å². The average molecular weight is 202 g/mol. The van der Waals surface area contributed by atoms with Crippen molar-refractivity contribution in [3.05, 3.63) is 0 Å². The van der Waals surface area contributed by atoms with Crippen molar-refractivity contribution in [1.29, 1.82) is 0 Å². The van der Waals surface area contributed by atoms with Crippen LogP contribution in [-0.4, -0.2) is 40.2 Å². The topological polar surface area (TPSA) is 49.5 Å². The number of aliphatic hydroxyl groups is 1. The fraction of sp³-hybridized carbons (Fsp3) is 0.889. The van der Waals surface area contributed by atoms with Crippen LogP contribution in [0.25, 0.3) is 0 Å². The molecule has 1 atom stereocenters. The number of nitrogens with two attached hydrogens (primary N) is 1. The summed E-state index contributed by atoms with van der Waals surface area (Å²) < 4.78 is 0. The van der Waals surface area contributed by atoms with Gasteiger partial charge in [-0.15, -0.1) is 0 Å². The van der Waals surface area contributed by atoms with E-state index in [1.807, 2.05) is 0 Å². The Kier molecular flexibility index (Phi) is 4.09. The molecule has 0 saturated heterocycles. The molecule has 1 saturated carbocycles. The second kappa shape index (κ2) is 4.88. The molecular weight excluding hydrogens is 184 g/mol. The second-order valence-corrected chi connectivity index (χ2v) is 3.99. The van der Waals surface area contributed by atoms with Crippen LogP contribution < -0.4 is 5.73 Å². The normalized spacial score (nSPS) is 19.0. The first kappa shape index (κ1) is 10.9. The van der Waals surface area contributed by atoms with Gasteiger partial charge in [-0.2, -0.15) is 0 Å². The lowest BCUT2D eigenvalue weighted by Crippen LogP contribution is -2.46. The third-order valence-corrected chi connectivity index (χ3v) is 2.76. The molecule has 0 aromatic carbocycles. The second-order valence-electron chi connectivity index (χ2n) is 3.52. The van der Waals surface area contributed by atoms with E-state index in [9.17, 15) is 0 Å². The van der Waals surface area contributed by atoms with Crippen LogP contribution in [0, 0.1) is 0 Å². The summed E-state index contributed by atoms with van der Waals surface area (Å²) in [7, 11) is 0. The SMILES string of the molecule is CCC(C(N)=S)N(CCO)C1CC1. The van der Waals surface area contributed by atoms with E-state index >= 15 is 0 Å². The van der Waals surface area contributed by atoms with Crippen LogP contribution in [0.15, 0.2) is 0 Å². The number of hydrogen-bond donors (Lipinski definition) is 2. The third kappa shape index (κ3) is 2.90. The molecule has 0 aromatic heterocycles. The lowest BCUT2D eigenvalue weighted by Gasteiger charge is -2.29. The van der Waals surface area contributed by atoms with Crippen LogP contribution in [0.4, 0.5) is 0 Å². The highest BCUT2D eigenvalue weighted by molar-refractivity contribution is 7.80. The summed E-state index contributed by atoms with van der Waals surface area (Å²) in [5.74, 6) is 0. The largest absolute Gasteiger partial charge is 0.395 e. The van der Waals surface area contributed by atoms with Gasteiger partial charge in [0.05, 0.1) is 17.6 Å². The minimum absolute atomic E-state index is 0.176. The molecule has 3 N–H and O–H groups in total. The summed E-state index contributed by atoms with van der Waals surface area (Å²) in [5.41, 5.74) is 5.65. The molecule has 0 amide bonds. The molecule has 0 bridgehead atoms. The highest BCUT2D eigenvalue weighted by Crippen LogP contribution is 2.29. The molecule has 0 aromatic rings. The summed E-state index contributed by atoms with van der Waals surface area (Å²) in [6.45, 7) is 2.96. The van der Waals surface area contributed by atoms with Crippen molar-refractivity contribution in [2.45, 2.75) is 38.3 Å². The summed E-state index contributed by atoms with van der Waals surface area (Å²) in [6, 6.07) is 0.785. The number of hydrogen-bond acceptors (Lipinski definition) is 3. The van der Waals surface area contributed by atoms with Gasteiger partial charge in [0.2, 0.25) is 0 Å². The summed E-state index contributed by atoms with van der Waals surface area (Å²) in [6.07, 6.45) is 3.38. The van der Waals surface area contributed by atoms with E-state index in [0.29, 0.717) is 17.6 Å². The molecule has 1 unspecified atom stereocenters. The molecule has 1 aliphatic carbocycles. The average Bonchev–Trinajstić information content (AvgIpc) is 2.86. The van der Waals surface area contributed by atoms with Gasteiger partial charge in [-0.25, -0.2) is 0 Å². The first-order valence-corrected chi connectivity index (χ1v) is 5.27. The lowest BCUT2D eigenvalue weighted by atomic mass is 10.2. The Balaban J connectivity index is 2.54. The number of aliphatic hydroxyl groups excluding tert-OH is 1. The number of rotatable bonds is 6. The van der Waals surface area contributed by atoms with E-state index in [1.54, 1.807) is 0 Å². The van der Waals surface area contributed by atoms with E-state index < -0.39 is 0 Å². The van der Waals surface area contributed by atoms with Crippen LogP contribution in [0.1, 0.15) is 26.2 Å². The molecule has 0 aliphatic heterocycles. The predicted octanol–water partition coefficient (Wildman–Crippen LogP) is 0.508. The lowest BCUT2D eigenvalue weighted by molar-refractivity contribution is 0.168. The van der Waals surface area contributed by atoms with E-state index in [0.717, 1.165) is 6.42 Å². The minimum atomic E-state index is 0.176. The highest BCUT2D eigenvalue weighted by Gasteiger charge is 2.33. The molecule has 76 valence electrons. The van der Waals surface area contributed by atoms with Gasteiger partial charge < -0.3 is 10.8 Å². The van der Waals surface area contributed by atoms with Crippen LogP contribution in [0.2, 0.25) is 0 Å². The van der Waals surface area contributed by atoms with Gasteiger partial charge in [0.1, 0.15) is 0 Å². The molecular formula is C9H18N2OS. The molecule has 0 heterocycles. The summed E-state index contributed by atoms with van der Waals surface area (Å²) >= 11 is 5.01. The van der Waals surface area contributed by atoms with Crippen LogP contribution >= 0.6 is 12.2 Å². The molecule has 0 spiro atoms. The molecule has 4 heteroatoms. The minimum Gasteiger partial charge on any atom is -0.395 e. The quantitative estimate of drug-likeness (QED) is 0.616. The smallest absolute Gasteiger partial charge is 0.0902 e. The van der Waals surface area contributed by atoms with Crippen LogP contribution in [0.3, 0.4) is 0 Å². The summed E-state index contributed by atoms with van der Waals surface area (Å²) in [5, 5.41) is 8.91. The van der Waals surface area contributed by atoms with Crippen LogP contribution in [-0.2, 0) is 0 Å². The van der Waals surface area contributed by atoms with Gasteiger partial charge in [-0.1, -0.05) is 19.1 Å². The Morgan fingerprint density at radius 3 is 2.62 bits per heavy atom. The maximum Gasteiger partial charge on any atom is 0.0902 e. The fourth-order valence-corrected chi connectivity index (χ4v) is 2.02. The Morgan fingerprint density at radius 1 is 1.69 bits per heavy atom. The molecule has 1 aliphatic rings. The molecule has 0 radical (unpaired) electrons. The third-order valence-electron chi connectivity index (χ3n) is 2.49. The van der Waals surface area contributed by atoms with Gasteiger partial charge >= 0.3 is 0 Å². The molecule has 1 fully saturated rings. The Labute approximate surface area is 84.9 Å². The van der Waals surface area contributed by atoms with Crippen molar-refractivity contribution in [3.63, 3.8) is 0 Å². The number of nitrogens with zero attached hydrogens (tertiary/aromatic N) is 1. The van der Waals surface area contributed by atoms with E-state index in [2.05, 4.69) is 11.8 Å². The highest BCUT2D eigenvalue weighted by atomic mass is 32.1. The monoisotopic (exact) mass is 202 g/mol. The van der Waals surface area contributed by atoms with E-state index in [1.165, 1.54) is 12.8 Å². The Bertz CT molecular complexity index is 182. The maximum absolute atomic E-state index is 8.91. The van der Waals surface area contributed by atoms with Gasteiger partial charge in [-0.05, 0) is 19.3 Å². The standard InChI is InChI=1S/C9H18N2OS/c1-2-8(9(10)13)11(5-6-12)7-3-4-7/h7-8,12H,2-6H2,1H3,(H2,10,13). The first-order chi connectivity index (χ1) is 6.20. The molecule has 13 heavy (non-hydrogen) atoms. The zero-order chi connectivity index (χ0) is 9.84. The van der Waals surface area contributed by atoms with Crippen molar-refractivity contribution in [3.8, 4) is 0 Å². The zero-order valence-corrected chi connectivity index (χ0v) is 8.89.